The second-order valence-electron chi connectivity index (χ2n) is 7.10. The van der Waals surface area contributed by atoms with Crippen molar-refractivity contribution in [2.75, 3.05) is 0 Å². The Morgan fingerprint density at radius 3 is 2.33 bits per heavy atom. The molecule has 0 aliphatic heterocycles. The molecule has 5 rings (SSSR count). The number of rotatable bonds is 4. The van der Waals surface area contributed by atoms with Crippen molar-refractivity contribution < 1.29 is 5.11 Å². The van der Waals surface area contributed by atoms with Crippen LogP contribution < -0.4 is 0 Å². The predicted octanol–water partition coefficient (Wildman–Crippen LogP) is 7.01. The average molecular weight is 472 g/mol. The Morgan fingerprint density at radius 1 is 0.800 bits per heavy atom. The normalized spacial score (nSPS) is 13.3. The summed E-state index contributed by atoms with van der Waals surface area (Å²) in [7, 11) is 0. The number of fused-ring (bicyclic) bond motifs is 1. The summed E-state index contributed by atoms with van der Waals surface area (Å²) in [5, 5.41) is 13.5. The van der Waals surface area contributed by atoms with Gasteiger partial charge in [-0.3, -0.25) is 4.98 Å². The number of aromatic nitrogens is 1. The molecule has 1 N–H and O–H groups in total. The highest BCUT2D eigenvalue weighted by atomic mass is 79.9. The molecule has 5 aromatic rings. The molecular formula is C26H18BrNOS. The van der Waals surface area contributed by atoms with E-state index >= 15 is 0 Å². The maximum absolute atomic E-state index is 12.3. The van der Waals surface area contributed by atoms with E-state index in [2.05, 4.69) is 57.3 Å². The average Bonchev–Trinajstić information content (AvgIpc) is 3.24. The van der Waals surface area contributed by atoms with Crippen molar-refractivity contribution in [1.82, 2.24) is 4.98 Å². The minimum atomic E-state index is -1.41. The molecule has 3 aromatic carbocycles. The summed E-state index contributed by atoms with van der Waals surface area (Å²) in [5.41, 5.74) is 1.75. The first-order chi connectivity index (χ1) is 14.7. The van der Waals surface area contributed by atoms with Gasteiger partial charge in [0.15, 0.2) is 5.60 Å². The van der Waals surface area contributed by atoms with E-state index in [1.165, 1.54) is 10.1 Å². The summed E-state index contributed by atoms with van der Waals surface area (Å²) in [6.07, 6.45) is 1.72. The highest BCUT2D eigenvalue weighted by molar-refractivity contribution is 9.10. The minimum Gasteiger partial charge on any atom is -0.374 e. The number of hydrogen-bond donors (Lipinski definition) is 1. The van der Waals surface area contributed by atoms with Crippen LogP contribution in [0.1, 0.15) is 16.8 Å². The topological polar surface area (TPSA) is 33.1 Å². The number of benzene rings is 3. The predicted molar refractivity (Wildman–Crippen MR) is 128 cm³/mol. The first kappa shape index (κ1) is 19.2. The van der Waals surface area contributed by atoms with Crippen molar-refractivity contribution in [3.8, 4) is 10.4 Å². The fourth-order valence-corrected chi connectivity index (χ4v) is 5.52. The maximum Gasteiger partial charge on any atom is 0.159 e. The van der Waals surface area contributed by atoms with Gasteiger partial charge in [0, 0.05) is 25.8 Å². The summed E-state index contributed by atoms with van der Waals surface area (Å²) >= 11 is 5.35. The fourth-order valence-electron chi connectivity index (χ4n) is 3.88. The summed E-state index contributed by atoms with van der Waals surface area (Å²) < 4.78 is 1.99. The summed E-state index contributed by atoms with van der Waals surface area (Å²) in [6.45, 7) is 0. The van der Waals surface area contributed by atoms with E-state index in [4.69, 9.17) is 0 Å². The van der Waals surface area contributed by atoms with Gasteiger partial charge in [-0.1, -0.05) is 72.8 Å². The Labute approximate surface area is 187 Å². The molecule has 30 heavy (non-hydrogen) atoms. The highest BCUT2D eigenvalue weighted by Gasteiger charge is 2.39. The molecule has 2 heterocycles. The number of thiophene rings is 1. The lowest BCUT2D eigenvalue weighted by molar-refractivity contribution is 0.120. The molecule has 0 saturated carbocycles. The van der Waals surface area contributed by atoms with Crippen LogP contribution in [0.3, 0.4) is 0 Å². The molecule has 2 aromatic heterocycles. The molecule has 0 bridgehead atoms. The maximum atomic E-state index is 12.3. The molecule has 0 spiro atoms. The summed E-state index contributed by atoms with van der Waals surface area (Å²) in [5.74, 6) is 0. The van der Waals surface area contributed by atoms with Gasteiger partial charge in [0.2, 0.25) is 0 Å². The quantitative estimate of drug-likeness (QED) is 0.305. The molecule has 0 saturated heterocycles. The second kappa shape index (κ2) is 7.80. The van der Waals surface area contributed by atoms with Crippen LogP contribution in [-0.4, -0.2) is 10.1 Å². The zero-order valence-corrected chi connectivity index (χ0v) is 18.4. The third-order valence-corrected chi connectivity index (χ3v) is 7.09. The zero-order valence-electron chi connectivity index (χ0n) is 16.0. The van der Waals surface area contributed by atoms with E-state index in [0.29, 0.717) is 5.69 Å². The molecule has 0 fully saturated rings. The van der Waals surface area contributed by atoms with Crippen molar-refractivity contribution in [3.05, 3.63) is 125 Å². The van der Waals surface area contributed by atoms with Crippen LogP contribution in [0.25, 0.3) is 20.5 Å². The summed E-state index contributed by atoms with van der Waals surface area (Å²) in [6, 6.07) is 32.1. The standard InChI is InChI=1S/C26H18BrNOS/c27-22-14-8-16-28-25(22)26(29,19-10-2-1-3-11-19)21-13-6-5-12-20(21)24-17-18-9-4-7-15-23(18)30-24/h1-17,29H. The third-order valence-electron chi connectivity index (χ3n) is 5.30. The minimum absolute atomic E-state index is 0.574. The van der Waals surface area contributed by atoms with Crippen LogP contribution in [0.5, 0.6) is 0 Å². The van der Waals surface area contributed by atoms with Gasteiger partial charge in [0.25, 0.3) is 0 Å². The lowest BCUT2D eigenvalue weighted by atomic mass is 9.80. The number of hydrogen-bond acceptors (Lipinski definition) is 3. The van der Waals surface area contributed by atoms with Gasteiger partial charge in [-0.2, -0.15) is 0 Å². The van der Waals surface area contributed by atoms with Crippen LogP contribution in [0.15, 0.2) is 108 Å². The largest absolute Gasteiger partial charge is 0.374 e. The van der Waals surface area contributed by atoms with Crippen molar-refractivity contribution >= 4 is 37.4 Å². The molecule has 0 aliphatic rings. The van der Waals surface area contributed by atoms with Gasteiger partial charge in [0.1, 0.15) is 0 Å². The zero-order chi connectivity index (χ0) is 20.6. The van der Waals surface area contributed by atoms with Gasteiger partial charge < -0.3 is 5.11 Å². The van der Waals surface area contributed by atoms with E-state index in [1.54, 1.807) is 17.5 Å². The van der Waals surface area contributed by atoms with Gasteiger partial charge in [-0.15, -0.1) is 11.3 Å². The Bertz CT molecular complexity index is 1300. The molecule has 1 unspecified atom stereocenters. The van der Waals surface area contributed by atoms with E-state index in [-0.39, 0.29) is 0 Å². The molecule has 0 aliphatic carbocycles. The fraction of sp³-hybridized carbons (Fsp3) is 0.0385. The van der Waals surface area contributed by atoms with Gasteiger partial charge in [-0.05, 0) is 56.7 Å². The van der Waals surface area contributed by atoms with Gasteiger partial charge in [0.05, 0.1) is 5.69 Å². The third kappa shape index (κ3) is 3.18. The molecule has 2 nitrogen and oxygen atoms in total. The Morgan fingerprint density at radius 2 is 1.53 bits per heavy atom. The highest BCUT2D eigenvalue weighted by Crippen LogP contribution is 2.45. The lowest BCUT2D eigenvalue weighted by Crippen LogP contribution is -2.31. The van der Waals surface area contributed by atoms with E-state index in [1.807, 2.05) is 60.7 Å². The Kier molecular flexibility index (Phi) is 4.99. The summed E-state index contributed by atoms with van der Waals surface area (Å²) in [4.78, 5) is 5.71. The first-order valence-electron chi connectivity index (χ1n) is 9.65. The lowest BCUT2D eigenvalue weighted by Gasteiger charge is -2.31. The van der Waals surface area contributed by atoms with Crippen LogP contribution in [0.4, 0.5) is 0 Å². The molecule has 1 atom stereocenters. The van der Waals surface area contributed by atoms with E-state index < -0.39 is 5.60 Å². The molecule has 0 amide bonds. The number of halogens is 1. The second-order valence-corrected chi connectivity index (χ2v) is 9.04. The van der Waals surface area contributed by atoms with Crippen molar-refractivity contribution in [2.24, 2.45) is 0 Å². The van der Waals surface area contributed by atoms with Crippen LogP contribution in [-0.2, 0) is 5.60 Å². The molecule has 146 valence electrons. The van der Waals surface area contributed by atoms with E-state index in [9.17, 15) is 5.11 Å². The SMILES string of the molecule is OC(c1ccccc1)(c1ccccc1-c1cc2ccccc2s1)c1ncccc1Br. The number of nitrogens with zero attached hydrogens (tertiary/aromatic N) is 1. The van der Waals surface area contributed by atoms with Crippen LogP contribution in [0.2, 0.25) is 0 Å². The van der Waals surface area contributed by atoms with E-state index in [0.717, 1.165) is 26.0 Å². The number of pyridine rings is 1. The molecular weight excluding hydrogens is 454 g/mol. The van der Waals surface area contributed by atoms with Gasteiger partial charge >= 0.3 is 0 Å². The Balaban J connectivity index is 1.81. The Hall–Kier alpha value is -2.79. The number of aliphatic hydroxyl groups is 1. The van der Waals surface area contributed by atoms with Crippen molar-refractivity contribution in [3.63, 3.8) is 0 Å². The van der Waals surface area contributed by atoms with Crippen molar-refractivity contribution in [2.45, 2.75) is 5.60 Å². The molecule has 0 radical (unpaired) electrons. The van der Waals surface area contributed by atoms with Crippen LogP contribution >= 0.6 is 27.3 Å². The van der Waals surface area contributed by atoms with Crippen LogP contribution in [0, 0.1) is 0 Å². The monoisotopic (exact) mass is 471 g/mol. The van der Waals surface area contributed by atoms with Gasteiger partial charge in [-0.25, -0.2) is 0 Å². The smallest absolute Gasteiger partial charge is 0.159 e. The first-order valence-corrected chi connectivity index (χ1v) is 11.3. The van der Waals surface area contributed by atoms with Crippen molar-refractivity contribution in [1.29, 1.82) is 0 Å². The molecule has 4 heteroatoms.